The van der Waals surface area contributed by atoms with Crippen molar-refractivity contribution in [2.45, 2.75) is 13.8 Å². The van der Waals surface area contributed by atoms with E-state index in [1.165, 1.54) is 0 Å². The second-order valence-electron chi connectivity index (χ2n) is 4.81. The third kappa shape index (κ3) is 1.66. The molecule has 1 heterocycles. The van der Waals surface area contributed by atoms with Gasteiger partial charge in [-0.25, -0.2) is 0 Å². The highest BCUT2D eigenvalue weighted by molar-refractivity contribution is 6.52. The Morgan fingerprint density at radius 2 is 1.79 bits per heavy atom. The topological polar surface area (TPSA) is 43.1 Å². The van der Waals surface area contributed by atoms with Crippen molar-refractivity contribution in [2.75, 3.05) is 0 Å². The normalized spacial score (nSPS) is 13.9. The molecule has 1 aliphatic heterocycles. The van der Waals surface area contributed by atoms with Crippen molar-refractivity contribution in [3.63, 3.8) is 0 Å². The molecule has 0 fully saturated rings. The first-order valence-corrected chi connectivity index (χ1v) is 6.15. The molecule has 0 saturated carbocycles. The maximum atomic E-state index is 12.5. The van der Waals surface area contributed by atoms with Crippen LogP contribution in [0, 0.1) is 19.1 Å². The van der Waals surface area contributed by atoms with E-state index in [1.54, 1.807) is 18.2 Å². The fraction of sp³-hybridized carbons (Fsp3) is 0.125. The number of hydrogen-bond acceptors (Lipinski definition) is 2. The van der Waals surface area contributed by atoms with Crippen LogP contribution in [-0.4, -0.2) is 16.2 Å². The molecule has 3 rings (SSSR count). The lowest BCUT2D eigenvalue weighted by atomic mass is 9.98. The summed E-state index contributed by atoms with van der Waals surface area (Å²) in [5, 5.41) is 12.3. The minimum atomic E-state index is -0.186. The average molecular weight is 251 g/mol. The molecule has 0 aromatic heterocycles. The number of nitrogens with zero attached hydrogens (tertiary/aromatic N) is 1. The predicted octanol–water partition coefficient (Wildman–Crippen LogP) is 3.13. The Hall–Kier alpha value is -2.42. The molecule has 0 radical (unpaired) electrons. The molecular formula is C16H13NO2. The van der Waals surface area contributed by atoms with Gasteiger partial charge in [0.2, 0.25) is 5.69 Å². The van der Waals surface area contributed by atoms with Crippen LogP contribution in [0.4, 0.5) is 5.69 Å². The fourth-order valence-corrected chi connectivity index (χ4v) is 2.49. The third-order valence-electron chi connectivity index (χ3n) is 3.41. The fourth-order valence-electron chi connectivity index (χ4n) is 2.49. The van der Waals surface area contributed by atoms with Crippen LogP contribution in [-0.2, 0) is 0 Å². The average Bonchev–Trinajstić information content (AvgIpc) is 2.63. The van der Waals surface area contributed by atoms with Crippen molar-refractivity contribution in [3.8, 4) is 0 Å². The van der Waals surface area contributed by atoms with E-state index in [0.29, 0.717) is 16.8 Å². The molecule has 3 nitrogen and oxygen atoms in total. The van der Waals surface area contributed by atoms with Crippen molar-refractivity contribution >= 4 is 17.2 Å². The molecule has 0 saturated heterocycles. The van der Waals surface area contributed by atoms with E-state index < -0.39 is 0 Å². The van der Waals surface area contributed by atoms with Gasteiger partial charge in [0.25, 0.3) is 11.5 Å². The maximum absolute atomic E-state index is 12.5. The first kappa shape index (κ1) is 11.7. The molecular weight excluding hydrogens is 238 g/mol. The molecule has 2 aromatic rings. The van der Waals surface area contributed by atoms with Crippen LogP contribution in [0.2, 0.25) is 0 Å². The van der Waals surface area contributed by atoms with Crippen LogP contribution in [0.25, 0.3) is 0 Å². The van der Waals surface area contributed by atoms with Gasteiger partial charge in [0.15, 0.2) is 0 Å². The van der Waals surface area contributed by atoms with E-state index >= 15 is 0 Å². The third-order valence-corrected chi connectivity index (χ3v) is 3.41. The quantitative estimate of drug-likeness (QED) is 0.577. The molecule has 0 bridgehead atoms. The summed E-state index contributed by atoms with van der Waals surface area (Å²) >= 11 is 0. The van der Waals surface area contributed by atoms with E-state index in [4.69, 9.17) is 0 Å². The Kier molecular flexibility index (Phi) is 2.49. The Morgan fingerprint density at radius 3 is 2.47 bits per heavy atom. The minimum absolute atomic E-state index is 0.186. The van der Waals surface area contributed by atoms with E-state index in [9.17, 15) is 10.0 Å². The monoisotopic (exact) mass is 251 g/mol. The van der Waals surface area contributed by atoms with E-state index in [1.807, 2.05) is 38.1 Å². The first-order valence-electron chi connectivity index (χ1n) is 6.15. The Balaban J connectivity index is 2.23. The number of benzene rings is 2. The summed E-state index contributed by atoms with van der Waals surface area (Å²) in [6, 6.07) is 12.8. The number of Topliss-reactive ketones (excluding diaryl/α,β-unsaturated/α-hetero) is 1. The van der Waals surface area contributed by atoms with Gasteiger partial charge >= 0.3 is 0 Å². The van der Waals surface area contributed by atoms with E-state index in [2.05, 4.69) is 0 Å². The largest absolute Gasteiger partial charge is 0.618 e. The van der Waals surface area contributed by atoms with Crippen molar-refractivity contribution in [1.82, 2.24) is 0 Å². The zero-order valence-electron chi connectivity index (χ0n) is 10.8. The second-order valence-corrected chi connectivity index (χ2v) is 4.81. The Morgan fingerprint density at radius 1 is 1.05 bits per heavy atom. The summed E-state index contributed by atoms with van der Waals surface area (Å²) in [5.74, 6) is -0.186. The molecule has 94 valence electrons. The molecule has 19 heavy (non-hydrogen) atoms. The van der Waals surface area contributed by atoms with Gasteiger partial charge in [0, 0.05) is 6.07 Å². The van der Waals surface area contributed by atoms with Crippen LogP contribution in [0.3, 0.4) is 0 Å². The zero-order valence-corrected chi connectivity index (χ0v) is 10.8. The molecule has 2 aromatic carbocycles. The van der Waals surface area contributed by atoms with Crippen molar-refractivity contribution in [1.29, 1.82) is 0 Å². The number of carbonyl (C=O) groups is 1. The number of fused-ring (bicyclic) bond motifs is 1. The summed E-state index contributed by atoms with van der Waals surface area (Å²) in [7, 11) is 0. The molecule has 0 atom stereocenters. The van der Waals surface area contributed by atoms with Gasteiger partial charge in [-0.15, -0.1) is 0 Å². The second kappa shape index (κ2) is 4.05. The molecule has 0 aliphatic carbocycles. The van der Waals surface area contributed by atoms with Crippen LogP contribution < -0.4 is 0 Å². The molecule has 0 N–H and O–H groups in total. The zero-order chi connectivity index (χ0) is 13.6. The lowest BCUT2D eigenvalue weighted by Gasteiger charge is -2.02. The highest BCUT2D eigenvalue weighted by atomic mass is 16.5. The van der Waals surface area contributed by atoms with Crippen LogP contribution in [0.1, 0.15) is 27.0 Å². The molecule has 0 spiro atoms. The predicted molar refractivity (Wildman–Crippen MR) is 74.1 cm³/mol. The van der Waals surface area contributed by atoms with E-state index in [0.717, 1.165) is 15.9 Å². The van der Waals surface area contributed by atoms with Gasteiger partial charge < -0.3 is 5.21 Å². The summed E-state index contributed by atoms with van der Waals surface area (Å²) in [5.41, 5.74) is 3.73. The van der Waals surface area contributed by atoms with Crippen molar-refractivity contribution in [3.05, 3.63) is 69.9 Å². The smallest absolute Gasteiger partial charge is 0.272 e. The molecule has 0 amide bonds. The van der Waals surface area contributed by atoms with Crippen LogP contribution in [0.5, 0.6) is 0 Å². The number of carbonyl (C=O) groups excluding carboxylic acids is 1. The number of rotatable bonds is 1. The summed E-state index contributed by atoms with van der Waals surface area (Å²) in [4.78, 5) is 12.5. The lowest BCUT2D eigenvalue weighted by Crippen LogP contribution is -2.17. The van der Waals surface area contributed by atoms with Crippen molar-refractivity contribution < 1.29 is 9.53 Å². The Labute approximate surface area is 111 Å². The number of ketones is 1. The summed E-state index contributed by atoms with van der Waals surface area (Å²) in [6.45, 7) is 3.79. The van der Waals surface area contributed by atoms with Crippen LogP contribution >= 0.6 is 0 Å². The van der Waals surface area contributed by atoms with Crippen molar-refractivity contribution in [2.24, 2.45) is 0 Å². The van der Waals surface area contributed by atoms with E-state index in [-0.39, 0.29) is 11.5 Å². The minimum Gasteiger partial charge on any atom is -0.618 e. The first-order chi connectivity index (χ1) is 9.09. The highest BCUT2D eigenvalue weighted by Crippen LogP contribution is 2.30. The molecule has 0 unspecified atom stereocenters. The van der Waals surface area contributed by atoms with Gasteiger partial charge in [0.1, 0.15) is 5.56 Å². The Bertz CT molecular complexity index is 729. The molecule has 3 heteroatoms. The molecule has 1 aliphatic rings. The number of hydrogen-bond donors (Lipinski definition) is 0. The van der Waals surface area contributed by atoms with Gasteiger partial charge in [-0.05, 0) is 31.5 Å². The lowest BCUT2D eigenvalue weighted by molar-refractivity contribution is -0.355. The van der Waals surface area contributed by atoms with Gasteiger partial charge in [-0.1, -0.05) is 29.8 Å². The highest BCUT2D eigenvalue weighted by Gasteiger charge is 2.37. The van der Waals surface area contributed by atoms with Gasteiger partial charge in [-0.3, -0.25) is 4.79 Å². The number of aryl methyl sites for hydroxylation is 2. The van der Waals surface area contributed by atoms with Gasteiger partial charge in [0.05, 0.1) is 5.56 Å². The van der Waals surface area contributed by atoms with Gasteiger partial charge in [-0.2, -0.15) is 4.74 Å². The standard InChI is InChI=1S/C16H13NO2/c1-10-5-3-7-12(9-10)15-16(18)14-11(2)6-4-8-13(14)17(15)19/h3-9H,1-2H3. The summed E-state index contributed by atoms with van der Waals surface area (Å²) < 4.78 is 0.749. The summed E-state index contributed by atoms with van der Waals surface area (Å²) in [6.07, 6.45) is 0. The maximum Gasteiger partial charge on any atom is 0.272 e. The van der Waals surface area contributed by atoms with Crippen LogP contribution in [0.15, 0.2) is 42.5 Å². The SMILES string of the molecule is Cc1cccc(C2=[N+]([O-])c3cccc(C)c3C2=O)c1.